The molecule has 1 amide bonds. The number of ether oxygens (including phenoxy) is 2. The van der Waals surface area contributed by atoms with Gasteiger partial charge in [-0.25, -0.2) is 0 Å². The lowest BCUT2D eigenvalue weighted by Crippen LogP contribution is -2.35. The SMILES string of the molecule is CN(CC(=O)Nc1ccc(CN2CCOCC2)cc1)c1ccc(Oc2ccccc2)cc1. The highest BCUT2D eigenvalue weighted by Gasteiger charge is 2.11. The van der Waals surface area contributed by atoms with Crippen molar-refractivity contribution in [3.05, 3.63) is 84.4 Å². The molecule has 1 aliphatic rings. The van der Waals surface area contributed by atoms with Crippen molar-refractivity contribution < 1.29 is 14.3 Å². The van der Waals surface area contributed by atoms with Crippen molar-refractivity contribution in [2.75, 3.05) is 50.1 Å². The van der Waals surface area contributed by atoms with E-state index in [0.717, 1.165) is 55.7 Å². The first kappa shape index (κ1) is 21.9. The van der Waals surface area contributed by atoms with E-state index in [2.05, 4.69) is 22.3 Å². The van der Waals surface area contributed by atoms with E-state index in [0.29, 0.717) is 0 Å². The van der Waals surface area contributed by atoms with Crippen molar-refractivity contribution >= 4 is 17.3 Å². The van der Waals surface area contributed by atoms with E-state index in [1.54, 1.807) is 0 Å². The maximum absolute atomic E-state index is 12.5. The minimum absolute atomic E-state index is 0.0574. The number of rotatable bonds is 8. The quantitative estimate of drug-likeness (QED) is 0.573. The number of hydrogen-bond acceptors (Lipinski definition) is 5. The zero-order valence-corrected chi connectivity index (χ0v) is 18.4. The Kier molecular flexibility index (Phi) is 7.38. The molecule has 3 aromatic rings. The van der Waals surface area contributed by atoms with E-state index in [-0.39, 0.29) is 12.5 Å². The molecule has 6 nitrogen and oxygen atoms in total. The van der Waals surface area contributed by atoms with Gasteiger partial charge in [-0.15, -0.1) is 0 Å². The van der Waals surface area contributed by atoms with Crippen LogP contribution in [-0.4, -0.2) is 50.7 Å². The number of morpholine rings is 1. The van der Waals surface area contributed by atoms with Crippen LogP contribution in [0.3, 0.4) is 0 Å². The molecule has 1 N–H and O–H groups in total. The molecule has 6 heteroatoms. The molecule has 0 bridgehead atoms. The van der Waals surface area contributed by atoms with Gasteiger partial charge < -0.3 is 19.7 Å². The average Bonchev–Trinajstić information content (AvgIpc) is 2.82. The van der Waals surface area contributed by atoms with Crippen LogP contribution in [0.2, 0.25) is 0 Å². The van der Waals surface area contributed by atoms with Crippen molar-refractivity contribution in [1.29, 1.82) is 0 Å². The average molecular weight is 432 g/mol. The van der Waals surface area contributed by atoms with Crippen LogP contribution in [0.1, 0.15) is 5.56 Å². The molecule has 3 aromatic carbocycles. The number of amides is 1. The number of nitrogens with one attached hydrogen (secondary N) is 1. The van der Waals surface area contributed by atoms with Gasteiger partial charge in [0.05, 0.1) is 19.8 Å². The van der Waals surface area contributed by atoms with Crippen LogP contribution in [-0.2, 0) is 16.1 Å². The number of hydrogen-bond donors (Lipinski definition) is 1. The van der Waals surface area contributed by atoms with E-state index in [9.17, 15) is 4.79 Å². The molecule has 1 heterocycles. The number of para-hydroxylation sites is 1. The van der Waals surface area contributed by atoms with E-state index >= 15 is 0 Å². The molecule has 0 saturated carbocycles. The van der Waals surface area contributed by atoms with Gasteiger partial charge in [-0.2, -0.15) is 0 Å². The number of likely N-dealkylation sites (N-methyl/N-ethyl adjacent to an activating group) is 1. The predicted octanol–water partition coefficient (Wildman–Crippen LogP) is 4.39. The zero-order valence-electron chi connectivity index (χ0n) is 18.4. The first-order valence-corrected chi connectivity index (χ1v) is 10.9. The molecule has 32 heavy (non-hydrogen) atoms. The summed E-state index contributed by atoms with van der Waals surface area (Å²) < 4.78 is 11.2. The third kappa shape index (κ3) is 6.33. The number of carbonyl (C=O) groups excluding carboxylic acids is 1. The fourth-order valence-corrected chi connectivity index (χ4v) is 3.61. The predicted molar refractivity (Wildman–Crippen MR) is 127 cm³/mol. The highest BCUT2D eigenvalue weighted by atomic mass is 16.5. The van der Waals surface area contributed by atoms with Crippen LogP contribution in [0.4, 0.5) is 11.4 Å². The molecule has 0 unspecified atom stereocenters. The summed E-state index contributed by atoms with van der Waals surface area (Å²) in [5.74, 6) is 1.50. The van der Waals surface area contributed by atoms with Crippen LogP contribution in [0.15, 0.2) is 78.9 Å². The standard InChI is InChI=1S/C26H29N3O3/c1-28(23-11-13-25(14-12-23)32-24-5-3-2-4-6-24)20-26(30)27-22-9-7-21(8-10-22)19-29-15-17-31-18-16-29/h2-14H,15-20H2,1H3,(H,27,30). The number of carbonyl (C=O) groups is 1. The van der Waals surface area contributed by atoms with E-state index in [1.807, 2.05) is 78.7 Å². The Morgan fingerprint density at radius 3 is 2.28 bits per heavy atom. The highest BCUT2D eigenvalue weighted by Crippen LogP contribution is 2.24. The van der Waals surface area contributed by atoms with Crippen molar-refractivity contribution in [2.45, 2.75) is 6.54 Å². The molecule has 4 rings (SSSR count). The Morgan fingerprint density at radius 2 is 1.59 bits per heavy atom. The van der Waals surface area contributed by atoms with Gasteiger partial charge in [0.2, 0.25) is 5.91 Å². The van der Waals surface area contributed by atoms with Gasteiger partial charge in [-0.05, 0) is 54.1 Å². The fourth-order valence-electron chi connectivity index (χ4n) is 3.61. The second-order valence-corrected chi connectivity index (χ2v) is 7.90. The molecule has 166 valence electrons. The summed E-state index contributed by atoms with van der Waals surface area (Å²) in [6.07, 6.45) is 0. The molecule has 1 saturated heterocycles. The van der Waals surface area contributed by atoms with E-state index < -0.39 is 0 Å². The first-order chi connectivity index (χ1) is 15.7. The molecule has 0 atom stereocenters. The third-order valence-corrected chi connectivity index (χ3v) is 5.38. The van der Waals surface area contributed by atoms with Crippen molar-refractivity contribution in [2.24, 2.45) is 0 Å². The Bertz CT molecular complexity index is 985. The molecular formula is C26H29N3O3. The summed E-state index contributed by atoms with van der Waals surface area (Å²) in [4.78, 5) is 16.8. The summed E-state index contributed by atoms with van der Waals surface area (Å²) >= 11 is 0. The Balaban J connectivity index is 1.26. The van der Waals surface area contributed by atoms with Crippen LogP contribution in [0.25, 0.3) is 0 Å². The van der Waals surface area contributed by atoms with Crippen molar-refractivity contribution in [1.82, 2.24) is 4.90 Å². The van der Waals surface area contributed by atoms with Crippen LogP contribution in [0.5, 0.6) is 11.5 Å². The van der Waals surface area contributed by atoms with Gasteiger partial charge >= 0.3 is 0 Å². The maximum Gasteiger partial charge on any atom is 0.243 e. The van der Waals surface area contributed by atoms with E-state index in [4.69, 9.17) is 9.47 Å². The monoisotopic (exact) mass is 431 g/mol. The second-order valence-electron chi connectivity index (χ2n) is 7.90. The molecule has 1 aliphatic heterocycles. The van der Waals surface area contributed by atoms with Gasteiger partial charge in [0.25, 0.3) is 0 Å². The van der Waals surface area contributed by atoms with Crippen molar-refractivity contribution in [3.8, 4) is 11.5 Å². The van der Waals surface area contributed by atoms with Gasteiger partial charge in [0, 0.05) is 38.1 Å². The minimum atomic E-state index is -0.0574. The first-order valence-electron chi connectivity index (χ1n) is 10.9. The Labute approximate surface area is 189 Å². The van der Waals surface area contributed by atoms with Crippen molar-refractivity contribution in [3.63, 3.8) is 0 Å². The highest BCUT2D eigenvalue weighted by molar-refractivity contribution is 5.94. The zero-order chi connectivity index (χ0) is 22.2. The molecule has 0 spiro atoms. The van der Waals surface area contributed by atoms with Gasteiger partial charge in [0.1, 0.15) is 11.5 Å². The molecular weight excluding hydrogens is 402 g/mol. The minimum Gasteiger partial charge on any atom is -0.457 e. The fraction of sp³-hybridized carbons (Fsp3) is 0.269. The van der Waals surface area contributed by atoms with Gasteiger partial charge in [0.15, 0.2) is 0 Å². The topological polar surface area (TPSA) is 54.0 Å². The Hall–Kier alpha value is -3.35. The third-order valence-electron chi connectivity index (χ3n) is 5.38. The van der Waals surface area contributed by atoms with Gasteiger partial charge in [-0.3, -0.25) is 9.69 Å². The van der Waals surface area contributed by atoms with E-state index in [1.165, 1.54) is 5.56 Å². The molecule has 0 radical (unpaired) electrons. The molecule has 1 fully saturated rings. The maximum atomic E-state index is 12.5. The van der Waals surface area contributed by atoms with Crippen LogP contribution >= 0.6 is 0 Å². The summed E-state index contributed by atoms with van der Waals surface area (Å²) in [5, 5.41) is 2.98. The lowest BCUT2D eigenvalue weighted by atomic mass is 10.2. The van der Waals surface area contributed by atoms with Crippen LogP contribution < -0.4 is 15.0 Å². The number of anilines is 2. The summed E-state index contributed by atoms with van der Waals surface area (Å²) in [6, 6.07) is 25.4. The number of benzene rings is 3. The van der Waals surface area contributed by atoms with Crippen LogP contribution in [0, 0.1) is 0 Å². The summed E-state index contributed by atoms with van der Waals surface area (Å²) in [6.45, 7) is 4.68. The Morgan fingerprint density at radius 1 is 0.938 bits per heavy atom. The number of nitrogens with zero attached hydrogens (tertiary/aromatic N) is 2. The molecule has 0 aromatic heterocycles. The lowest BCUT2D eigenvalue weighted by Gasteiger charge is -2.26. The smallest absolute Gasteiger partial charge is 0.243 e. The largest absolute Gasteiger partial charge is 0.457 e. The van der Waals surface area contributed by atoms with Gasteiger partial charge in [-0.1, -0.05) is 30.3 Å². The summed E-state index contributed by atoms with van der Waals surface area (Å²) in [5.41, 5.74) is 2.99. The second kappa shape index (κ2) is 10.8. The lowest BCUT2D eigenvalue weighted by molar-refractivity contribution is -0.114. The molecule has 0 aliphatic carbocycles. The normalized spacial score (nSPS) is 14.0. The summed E-state index contributed by atoms with van der Waals surface area (Å²) in [7, 11) is 1.90.